The van der Waals surface area contributed by atoms with Gasteiger partial charge >= 0.3 is 0 Å². The molecule has 4 rings (SSSR count). The molecule has 0 bridgehead atoms. The highest BCUT2D eigenvalue weighted by Crippen LogP contribution is 2.53. The zero-order chi connectivity index (χ0) is 16.9. The lowest BCUT2D eigenvalue weighted by Gasteiger charge is -2.31. The largest absolute Gasteiger partial charge is 0.420 e. The third-order valence-corrected chi connectivity index (χ3v) is 4.54. The minimum absolute atomic E-state index is 0.0913. The molecule has 0 fully saturated rings. The van der Waals surface area contributed by atoms with E-state index >= 15 is 0 Å². The van der Waals surface area contributed by atoms with Gasteiger partial charge in [-0.2, -0.15) is 5.26 Å². The van der Waals surface area contributed by atoms with Gasteiger partial charge in [0, 0.05) is 16.9 Å². The molecule has 4 N–H and O–H groups in total. The highest BCUT2D eigenvalue weighted by molar-refractivity contribution is 6.12. The Hall–Kier alpha value is -3.27. The van der Waals surface area contributed by atoms with Crippen LogP contribution in [0.1, 0.15) is 30.2 Å². The third kappa shape index (κ3) is 1.55. The van der Waals surface area contributed by atoms with E-state index in [-0.39, 0.29) is 23.2 Å². The minimum atomic E-state index is -1.32. The second kappa shape index (κ2) is 4.86. The molecule has 0 saturated carbocycles. The first kappa shape index (κ1) is 14.3. The summed E-state index contributed by atoms with van der Waals surface area (Å²) < 4.78 is 5.52. The number of amides is 1. The number of nitrogens with zero attached hydrogens (tertiary/aromatic N) is 2. The summed E-state index contributed by atoms with van der Waals surface area (Å²) in [5, 5.41) is 19.7. The highest BCUT2D eigenvalue weighted by Gasteiger charge is 2.58. The molecule has 0 aliphatic carbocycles. The average molecular weight is 321 g/mol. The summed E-state index contributed by atoms with van der Waals surface area (Å²) in [6.07, 6.45) is 1.54. The molecule has 2 aromatic rings. The van der Waals surface area contributed by atoms with Crippen LogP contribution in [0.3, 0.4) is 0 Å². The number of H-pyrrole nitrogens is 1. The zero-order valence-corrected chi connectivity index (χ0v) is 13.0. The van der Waals surface area contributed by atoms with Gasteiger partial charge < -0.3 is 15.8 Å². The fraction of sp³-hybridized carbons (Fsp3) is 0.235. The Morgan fingerprint density at radius 3 is 2.96 bits per heavy atom. The maximum absolute atomic E-state index is 13.1. The van der Waals surface area contributed by atoms with Crippen molar-refractivity contribution in [1.82, 2.24) is 10.2 Å². The standard InChI is InChI=1S/C17H15N5O2/c1-2-5-12-13-15(22-21-12)24-14(19)10(8-18)17(13)9-6-3-4-7-11(9)20-16(17)23/h3-4,6-7H,2,5,19H2,1H3,(H,20,23)(H,21,22). The van der Waals surface area contributed by atoms with E-state index in [1.807, 2.05) is 31.2 Å². The molecule has 1 unspecified atom stereocenters. The van der Waals surface area contributed by atoms with Crippen LogP contribution in [0, 0.1) is 11.3 Å². The predicted molar refractivity (Wildman–Crippen MR) is 85.9 cm³/mol. The van der Waals surface area contributed by atoms with Crippen LogP contribution < -0.4 is 15.8 Å². The van der Waals surface area contributed by atoms with Crippen LogP contribution in [0.4, 0.5) is 5.69 Å². The first-order valence-electron chi connectivity index (χ1n) is 7.71. The number of nitrogens with two attached hydrogens (primary N) is 1. The fourth-order valence-corrected chi connectivity index (χ4v) is 3.61. The van der Waals surface area contributed by atoms with Crippen molar-refractivity contribution in [3.8, 4) is 11.9 Å². The zero-order valence-electron chi connectivity index (χ0n) is 13.0. The van der Waals surface area contributed by atoms with E-state index in [2.05, 4.69) is 21.6 Å². The molecule has 1 aromatic heterocycles. The number of ether oxygens (including phenoxy) is 1. The number of benzene rings is 1. The van der Waals surface area contributed by atoms with Gasteiger partial charge in [-0.25, -0.2) is 0 Å². The van der Waals surface area contributed by atoms with E-state index in [1.165, 1.54) is 0 Å². The second-order valence-corrected chi connectivity index (χ2v) is 5.84. The molecule has 7 heteroatoms. The SMILES string of the molecule is CCCc1[nH]nc2c1C1(C(=O)Nc3ccccc31)C(C#N)=C(N)O2. The van der Waals surface area contributed by atoms with Crippen LogP contribution in [-0.4, -0.2) is 16.1 Å². The second-order valence-electron chi connectivity index (χ2n) is 5.84. The van der Waals surface area contributed by atoms with Gasteiger partial charge in [0.2, 0.25) is 17.7 Å². The number of fused-ring (bicyclic) bond motifs is 4. The van der Waals surface area contributed by atoms with Crippen LogP contribution in [0.2, 0.25) is 0 Å². The summed E-state index contributed by atoms with van der Waals surface area (Å²) in [6, 6.07) is 9.39. The van der Waals surface area contributed by atoms with E-state index in [1.54, 1.807) is 0 Å². The van der Waals surface area contributed by atoms with Gasteiger partial charge in [-0.05, 0) is 12.5 Å². The van der Waals surface area contributed by atoms with Gasteiger partial charge in [-0.3, -0.25) is 9.89 Å². The molecule has 2 aliphatic heterocycles. The normalized spacial score (nSPS) is 21.1. The number of aromatic amines is 1. The molecule has 0 radical (unpaired) electrons. The number of hydrogen-bond donors (Lipinski definition) is 3. The van der Waals surface area contributed by atoms with Crippen LogP contribution in [0.15, 0.2) is 35.7 Å². The summed E-state index contributed by atoms with van der Waals surface area (Å²) in [5.74, 6) is -0.153. The first-order chi connectivity index (χ1) is 11.6. The summed E-state index contributed by atoms with van der Waals surface area (Å²) in [4.78, 5) is 13.1. The number of rotatable bonds is 2. The van der Waals surface area contributed by atoms with Crippen LogP contribution in [-0.2, 0) is 16.6 Å². The Morgan fingerprint density at radius 2 is 2.21 bits per heavy atom. The number of aryl methyl sites for hydroxylation is 1. The lowest BCUT2D eigenvalue weighted by Crippen LogP contribution is -2.42. The number of para-hydroxylation sites is 1. The monoisotopic (exact) mass is 321 g/mol. The van der Waals surface area contributed by atoms with Crippen LogP contribution >= 0.6 is 0 Å². The van der Waals surface area contributed by atoms with Crippen molar-refractivity contribution in [3.05, 3.63) is 52.5 Å². The van der Waals surface area contributed by atoms with E-state index in [4.69, 9.17) is 10.5 Å². The minimum Gasteiger partial charge on any atom is -0.420 e. The summed E-state index contributed by atoms with van der Waals surface area (Å²) >= 11 is 0. The predicted octanol–water partition coefficient (Wildman–Crippen LogP) is 1.69. The Labute approximate surface area is 138 Å². The van der Waals surface area contributed by atoms with Gasteiger partial charge in [-0.1, -0.05) is 31.5 Å². The molecule has 120 valence electrons. The number of nitrogens with one attached hydrogen (secondary N) is 2. The van der Waals surface area contributed by atoms with Crippen molar-refractivity contribution in [2.75, 3.05) is 5.32 Å². The number of aromatic nitrogens is 2. The number of carbonyl (C=O) groups excluding carboxylic acids is 1. The van der Waals surface area contributed by atoms with Crippen molar-refractivity contribution in [1.29, 1.82) is 5.26 Å². The van der Waals surface area contributed by atoms with E-state index in [9.17, 15) is 10.1 Å². The summed E-state index contributed by atoms with van der Waals surface area (Å²) in [6.45, 7) is 2.03. The van der Waals surface area contributed by atoms with E-state index in [0.717, 1.165) is 12.1 Å². The van der Waals surface area contributed by atoms with Crippen LogP contribution in [0.5, 0.6) is 5.88 Å². The molecule has 1 aromatic carbocycles. The average Bonchev–Trinajstić information content (AvgIpc) is 3.09. The van der Waals surface area contributed by atoms with Gasteiger partial charge in [0.15, 0.2) is 0 Å². The van der Waals surface area contributed by atoms with Gasteiger partial charge in [0.25, 0.3) is 0 Å². The smallest absolute Gasteiger partial charge is 0.245 e. The number of nitriles is 1. The molecule has 24 heavy (non-hydrogen) atoms. The molecule has 1 spiro atoms. The molecule has 0 saturated heterocycles. The topological polar surface area (TPSA) is 117 Å². The Balaban J connectivity index is 2.12. The van der Waals surface area contributed by atoms with Crippen molar-refractivity contribution in [2.24, 2.45) is 5.73 Å². The highest BCUT2D eigenvalue weighted by atomic mass is 16.5. The summed E-state index contributed by atoms with van der Waals surface area (Å²) in [5.41, 5.74) is 7.45. The fourth-order valence-electron chi connectivity index (χ4n) is 3.61. The summed E-state index contributed by atoms with van der Waals surface area (Å²) in [7, 11) is 0. The van der Waals surface area contributed by atoms with Crippen LogP contribution in [0.25, 0.3) is 0 Å². The maximum Gasteiger partial charge on any atom is 0.245 e. The number of hydrogen-bond acceptors (Lipinski definition) is 5. The number of carbonyl (C=O) groups is 1. The van der Waals surface area contributed by atoms with Gasteiger partial charge in [0.05, 0.1) is 5.56 Å². The lowest BCUT2D eigenvalue weighted by molar-refractivity contribution is -0.118. The molecule has 2 aliphatic rings. The van der Waals surface area contributed by atoms with Gasteiger partial charge in [0.1, 0.15) is 17.1 Å². The first-order valence-corrected chi connectivity index (χ1v) is 7.71. The molecule has 1 atom stereocenters. The number of anilines is 1. The molecule has 3 heterocycles. The Kier molecular flexibility index (Phi) is 2.90. The lowest BCUT2D eigenvalue weighted by atomic mass is 9.69. The van der Waals surface area contributed by atoms with E-state index in [0.29, 0.717) is 23.2 Å². The van der Waals surface area contributed by atoms with Crippen molar-refractivity contribution in [3.63, 3.8) is 0 Å². The van der Waals surface area contributed by atoms with Crippen molar-refractivity contribution < 1.29 is 9.53 Å². The third-order valence-electron chi connectivity index (χ3n) is 4.54. The molecule has 1 amide bonds. The molecule has 7 nitrogen and oxygen atoms in total. The van der Waals surface area contributed by atoms with Gasteiger partial charge in [-0.15, -0.1) is 5.10 Å². The Bertz CT molecular complexity index is 937. The van der Waals surface area contributed by atoms with E-state index < -0.39 is 5.41 Å². The quantitative estimate of drug-likeness (QED) is 0.778. The Morgan fingerprint density at radius 1 is 1.42 bits per heavy atom. The maximum atomic E-state index is 13.1. The van der Waals surface area contributed by atoms with Crippen molar-refractivity contribution >= 4 is 11.6 Å². The van der Waals surface area contributed by atoms with Crippen molar-refractivity contribution in [2.45, 2.75) is 25.2 Å². The molecular weight excluding hydrogens is 306 g/mol. The molecular formula is C17H15N5O2.